The Labute approximate surface area is 231 Å². The molecule has 3 aliphatic rings. The van der Waals surface area contributed by atoms with Crippen molar-refractivity contribution in [2.75, 3.05) is 33.3 Å². The minimum atomic E-state index is -2.92. The van der Waals surface area contributed by atoms with Gasteiger partial charge in [-0.05, 0) is 73.6 Å². The minimum absolute atomic E-state index is 0.0460. The van der Waals surface area contributed by atoms with Crippen LogP contribution in [0.5, 0.6) is 11.5 Å². The van der Waals surface area contributed by atoms with Gasteiger partial charge in [0.05, 0.1) is 13.2 Å². The van der Waals surface area contributed by atoms with E-state index in [0.717, 1.165) is 36.3 Å². The molecule has 1 aromatic heterocycles. The summed E-state index contributed by atoms with van der Waals surface area (Å²) < 4.78 is 35.4. The average Bonchev–Trinajstić information content (AvgIpc) is 3.68. The number of likely N-dealkylation sites (tertiary alicyclic amines) is 1. The highest BCUT2D eigenvalue weighted by Crippen LogP contribution is 2.37. The van der Waals surface area contributed by atoms with Crippen molar-refractivity contribution in [2.45, 2.75) is 50.9 Å². The molecule has 10 heteroatoms. The molecule has 2 unspecified atom stereocenters. The summed E-state index contributed by atoms with van der Waals surface area (Å²) in [4.78, 5) is 36.3. The van der Waals surface area contributed by atoms with Crippen molar-refractivity contribution in [3.05, 3.63) is 59.8 Å². The van der Waals surface area contributed by atoms with Gasteiger partial charge in [-0.3, -0.25) is 9.59 Å². The Morgan fingerprint density at radius 1 is 1.10 bits per heavy atom. The number of halogens is 2. The second-order valence-corrected chi connectivity index (χ2v) is 11.1. The highest BCUT2D eigenvalue weighted by Gasteiger charge is 2.40. The zero-order chi connectivity index (χ0) is 27.8. The summed E-state index contributed by atoms with van der Waals surface area (Å²) in [6, 6.07) is 14.2. The van der Waals surface area contributed by atoms with Gasteiger partial charge in [0.2, 0.25) is 5.91 Å². The Morgan fingerprint density at radius 3 is 2.73 bits per heavy atom. The number of amides is 2. The predicted molar refractivity (Wildman–Crippen MR) is 145 cm³/mol. The van der Waals surface area contributed by atoms with Gasteiger partial charge in [0.1, 0.15) is 23.7 Å². The molecule has 8 nitrogen and oxygen atoms in total. The van der Waals surface area contributed by atoms with Crippen LogP contribution in [-0.4, -0.2) is 83.5 Å². The van der Waals surface area contributed by atoms with Gasteiger partial charge >= 0.3 is 6.61 Å². The SMILES string of the molecule is COc1ccc2[nH]c(C(=O)N3CC(=O)N(Cc4cccc(OC(F)F)c4)[C@@H](CCN4CC5CCC4C5)C3)cc2c1. The fraction of sp³-hybridized carbons (Fsp3) is 0.467. The zero-order valence-electron chi connectivity index (χ0n) is 22.5. The molecule has 2 bridgehead atoms. The first-order valence-corrected chi connectivity index (χ1v) is 13.9. The van der Waals surface area contributed by atoms with E-state index in [1.165, 1.54) is 25.3 Å². The fourth-order valence-corrected chi connectivity index (χ4v) is 6.65. The van der Waals surface area contributed by atoms with E-state index in [2.05, 4.69) is 14.6 Å². The van der Waals surface area contributed by atoms with Crippen LogP contribution in [-0.2, 0) is 11.3 Å². The number of alkyl halides is 2. The van der Waals surface area contributed by atoms with E-state index in [1.54, 1.807) is 41.2 Å². The summed E-state index contributed by atoms with van der Waals surface area (Å²) in [6.45, 7) is -0.336. The number of aromatic amines is 1. The maximum atomic E-state index is 13.6. The monoisotopic (exact) mass is 552 g/mol. The normalized spacial score (nSPS) is 23.0. The number of rotatable bonds is 9. The van der Waals surface area contributed by atoms with E-state index in [1.807, 2.05) is 18.2 Å². The molecule has 3 fully saturated rings. The molecule has 212 valence electrons. The quantitative estimate of drug-likeness (QED) is 0.423. The lowest BCUT2D eigenvalue weighted by atomic mass is 10.0. The summed E-state index contributed by atoms with van der Waals surface area (Å²) in [5.41, 5.74) is 1.96. The largest absolute Gasteiger partial charge is 0.497 e. The highest BCUT2D eigenvalue weighted by atomic mass is 19.3. The van der Waals surface area contributed by atoms with Crippen LogP contribution in [0.4, 0.5) is 8.78 Å². The summed E-state index contributed by atoms with van der Waals surface area (Å²) >= 11 is 0. The Bertz CT molecular complexity index is 1400. The van der Waals surface area contributed by atoms with Crippen molar-refractivity contribution in [2.24, 2.45) is 5.92 Å². The molecule has 1 N–H and O–H groups in total. The summed E-state index contributed by atoms with van der Waals surface area (Å²) in [7, 11) is 1.60. The molecule has 2 saturated heterocycles. The third kappa shape index (κ3) is 5.50. The van der Waals surface area contributed by atoms with Gasteiger partial charge in [-0.25, -0.2) is 0 Å². The Morgan fingerprint density at radius 2 is 1.98 bits per heavy atom. The van der Waals surface area contributed by atoms with Gasteiger partial charge in [-0.2, -0.15) is 8.78 Å². The first kappa shape index (κ1) is 26.6. The standard InChI is InChI=1S/C30H34F2N4O4/c1-39-24-7-8-26-21(13-24)14-27(33-26)29(38)35-17-23(9-10-34-15-20-5-6-22(34)11-20)36(28(37)18-35)16-19-3-2-4-25(12-19)40-30(31)32/h2-4,7-8,12-14,20,22-23,30,33H,5-6,9-11,15-18H2,1H3/t20?,22?,23-/m0/s1. The number of benzene rings is 2. The maximum absolute atomic E-state index is 13.6. The van der Waals surface area contributed by atoms with Crippen molar-refractivity contribution < 1.29 is 27.8 Å². The van der Waals surface area contributed by atoms with E-state index >= 15 is 0 Å². The highest BCUT2D eigenvalue weighted by molar-refractivity contribution is 6.00. The predicted octanol–water partition coefficient (Wildman–Crippen LogP) is 4.51. The lowest BCUT2D eigenvalue weighted by molar-refractivity contribution is -0.139. The maximum Gasteiger partial charge on any atom is 0.387 e. The van der Waals surface area contributed by atoms with Crippen LogP contribution in [0.2, 0.25) is 0 Å². The summed E-state index contributed by atoms with van der Waals surface area (Å²) in [6.07, 6.45) is 4.51. The Balaban J connectivity index is 1.21. The first-order chi connectivity index (χ1) is 19.4. The molecular formula is C30H34F2N4O4. The number of hydrogen-bond acceptors (Lipinski definition) is 5. The van der Waals surface area contributed by atoms with Crippen molar-refractivity contribution in [1.29, 1.82) is 0 Å². The van der Waals surface area contributed by atoms with E-state index in [-0.39, 0.29) is 36.7 Å². The number of methoxy groups -OCH3 is 1. The van der Waals surface area contributed by atoms with Gasteiger partial charge < -0.3 is 29.2 Å². The molecule has 0 radical (unpaired) electrons. The number of ether oxygens (including phenoxy) is 2. The van der Waals surface area contributed by atoms with Crippen LogP contribution < -0.4 is 9.47 Å². The first-order valence-electron chi connectivity index (χ1n) is 13.9. The lowest BCUT2D eigenvalue weighted by Gasteiger charge is -2.42. The molecule has 6 rings (SSSR count). The Kier molecular flexibility index (Phi) is 7.35. The van der Waals surface area contributed by atoms with E-state index < -0.39 is 6.61 Å². The average molecular weight is 553 g/mol. The van der Waals surface area contributed by atoms with Gasteiger partial charge in [-0.1, -0.05) is 12.1 Å². The number of nitrogens with one attached hydrogen (secondary N) is 1. The van der Waals surface area contributed by atoms with E-state index in [0.29, 0.717) is 29.6 Å². The van der Waals surface area contributed by atoms with Crippen LogP contribution in [0.3, 0.4) is 0 Å². The molecule has 3 aromatic rings. The summed E-state index contributed by atoms with van der Waals surface area (Å²) in [5, 5.41) is 0.860. The zero-order valence-corrected chi connectivity index (χ0v) is 22.5. The molecule has 3 heterocycles. The molecule has 0 spiro atoms. The van der Waals surface area contributed by atoms with E-state index in [4.69, 9.17) is 4.74 Å². The number of fused-ring (bicyclic) bond motifs is 3. The van der Waals surface area contributed by atoms with Crippen molar-refractivity contribution in [1.82, 2.24) is 19.7 Å². The molecule has 2 aliphatic heterocycles. The molecular weight excluding hydrogens is 518 g/mol. The number of carbonyl (C=O) groups excluding carboxylic acids is 2. The fourth-order valence-electron chi connectivity index (χ4n) is 6.65. The van der Waals surface area contributed by atoms with Gasteiger partial charge in [0.15, 0.2) is 0 Å². The molecule has 3 atom stereocenters. The summed E-state index contributed by atoms with van der Waals surface area (Å²) in [5.74, 6) is 1.15. The van der Waals surface area contributed by atoms with Crippen LogP contribution in [0.25, 0.3) is 10.9 Å². The van der Waals surface area contributed by atoms with Crippen LogP contribution in [0.1, 0.15) is 41.7 Å². The van der Waals surface area contributed by atoms with Crippen molar-refractivity contribution >= 4 is 22.7 Å². The van der Waals surface area contributed by atoms with Gasteiger partial charge in [0, 0.05) is 43.1 Å². The van der Waals surface area contributed by atoms with Gasteiger partial charge in [-0.15, -0.1) is 0 Å². The third-order valence-electron chi connectivity index (χ3n) is 8.61. The molecule has 1 aliphatic carbocycles. The topological polar surface area (TPSA) is 78.1 Å². The number of aromatic nitrogens is 1. The second-order valence-electron chi connectivity index (χ2n) is 11.1. The number of nitrogens with zero attached hydrogens (tertiary/aromatic N) is 3. The lowest BCUT2D eigenvalue weighted by Crippen LogP contribution is -2.58. The molecule has 2 amide bonds. The molecule has 2 aromatic carbocycles. The van der Waals surface area contributed by atoms with E-state index in [9.17, 15) is 18.4 Å². The van der Waals surface area contributed by atoms with Crippen LogP contribution >= 0.6 is 0 Å². The second kappa shape index (κ2) is 11.1. The molecule has 40 heavy (non-hydrogen) atoms. The number of piperidine rings is 1. The number of hydrogen-bond donors (Lipinski definition) is 1. The molecule has 1 saturated carbocycles. The van der Waals surface area contributed by atoms with Crippen LogP contribution in [0, 0.1) is 5.92 Å². The number of piperazine rings is 1. The van der Waals surface area contributed by atoms with Gasteiger partial charge in [0.25, 0.3) is 5.91 Å². The van der Waals surface area contributed by atoms with Crippen LogP contribution in [0.15, 0.2) is 48.5 Å². The third-order valence-corrected chi connectivity index (χ3v) is 8.61. The van der Waals surface area contributed by atoms with Crippen molar-refractivity contribution in [3.8, 4) is 11.5 Å². The Hall–Kier alpha value is -3.66. The number of carbonyl (C=O) groups is 2. The minimum Gasteiger partial charge on any atom is -0.497 e. The van der Waals surface area contributed by atoms with Crippen molar-refractivity contribution in [3.63, 3.8) is 0 Å². The smallest absolute Gasteiger partial charge is 0.387 e. The number of H-pyrrole nitrogens is 1.